The molecule has 0 saturated carbocycles. The van der Waals surface area contributed by atoms with Gasteiger partial charge in [0.15, 0.2) is 0 Å². The first kappa shape index (κ1) is 18.2. The highest BCUT2D eigenvalue weighted by molar-refractivity contribution is 5.46. The van der Waals surface area contributed by atoms with E-state index < -0.39 is 0 Å². The van der Waals surface area contributed by atoms with Crippen molar-refractivity contribution in [3.8, 4) is 5.88 Å². The molecule has 2 aromatic heterocycles. The van der Waals surface area contributed by atoms with Gasteiger partial charge in [-0.3, -0.25) is 10.4 Å². The van der Waals surface area contributed by atoms with Crippen molar-refractivity contribution in [1.29, 1.82) is 0 Å². The Morgan fingerprint density at radius 1 is 1.00 bits per heavy atom. The van der Waals surface area contributed by atoms with Crippen LogP contribution in [-0.4, -0.2) is 31.8 Å². The molecule has 24 heavy (non-hydrogen) atoms. The standard InChI is InChI=1S/C17H28N6O/c1-5-8-9-10-11-14-19-17(23-22-14)21-16-18-12(4)13(6-2)15(20-16)24-7-3/h5-11H2,1-4H3,(H2,18,19,20,21,22,23). The third kappa shape index (κ3) is 4.91. The van der Waals surface area contributed by atoms with Crippen LogP contribution in [0.4, 0.5) is 11.9 Å². The van der Waals surface area contributed by atoms with Gasteiger partial charge in [0.1, 0.15) is 5.82 Å². The Bertz CT molecular complexity index is 640. The summed E-state index contributed by atoms with van der Waals surface area (Å²) < 4.78 is 5.63. The van der Waals surface area contributed by atoms with E-state index in [9.17, 15) is 0 Å². The fourth-order valence-electron chi connectivity index (χ4n) is 2.57. The predicted octanol–water partition coefficient (Wildman–Crippen LogP) is 3.73. The van der Waals surface area contributed by atoms with Gasteiger partial charge in [-0.15, -0.1) is 5.10 Å². The second kappa shape index (κ2) is 9.20. The van der Waals surface area contributed by atoms with Crippen LogP contribution in [0.1, 0.15) is 63.5 Å². The van der Waals surface area contributed by atoms with E-state index >= 15 is 0 Å². The first-order valence-corrected chi connectivity index (χ1v) is 8.86. The van der Waals surface area contributed by atoms with Crippen LogP contribution in [0.15, 0.2) is 0 Å². The van der Waals surface area contributed by atoms with E-state index in [1.165, 1.54) is 19.3 Å². The zero-order valence-corrected chi connectivity index (χ0v) is 15.1. The zero-order chi connectivity index (χ0) is 17.4. The van der Waals surface area contributed by atoms with E-state index in [2.05, 4.69) is 44.3 Å². The minimum Gasteiger partial charge on any atom is -0.478 e. The summed E-state index contributed by atoms with van der Waals surface area (Å²) in [4.78, 5) is 13.4. The van der Waals surface area contributed by atoms with Gasteiger partial charge in [0.2, 0.25) is 17.8 Å². The highest BCUT2D eigenvalue weighted by atomic mass is 16.5. The molecule has 0 amide bonds. The lowest BCUT2D eigenvalue weighted by Gasteiger charge is -2.11. The molecule has 0 aromatic carbocycles. The molecular weight excluding hydrogens is 304 g/mol. The summed E-state index contributed by atoms with van der Waals surface area (Å²) in [5.74, 6) is 2.47. The summed E-state index contributed by atoms with van der Waals surface area (Å²) in [6.07, 6.45) is 6.58. The van der Waals surface area contributed by atoms with Crippen LogP contribution >= 0.6 is 0 Å². The number of unbranched alkanes of at least 4 members (excludes halogenated alkanes) is 3. The number of rotatable bonds is 10. The zero-order valence-electron chi connectivity index (χ0n) is 15.1. The second-order valence-electron chi connectivity index (χ2n) is 5.74. The summed E-state index contributed by atoms with van der Waals surface area (Å²) >= 11 is 0. The summed E-state index contributed by atoms with van der Waals surface area (Å²) in [5, 5.41) is 10.2. The van der Waals surface area contributed by atoms with Crippen molar-refractivity contribution < 1.29 is 4.74 Å². The quantitative estimate of drug-likeness (QED) is 0.644. The Balaban J connectivity index is 2.04. The Kier molecular flexibility index (Phi) is 6.96. The Hall–Kier alpha value is -2.18. The molecule has 0 fully saturated rings. The average molecular weight is 332 g/mol. The molecule has 0 aliphatic heterocycles. The number of hydrogen-bond donors (Lipinski definition) is 2. The van der Waals surface area contributed by atoms with Gasteiger partial charge >= 0.3 is 0 Å². The second-order valence-corrected chi connectivity index (χ2v) is 5.74. The molecule has 7 nitrogen and oxygen atoms in total. The van der Waals surface area contributed by atoms with Crippen LogP contribution in [0, 0.1) is 6.92 Å². The topological polar surface area (TPSA) is 88.6 Å². The fourth-order valence-corrected chi connectivity index (χ4v) is 2.57. The molecule has 132 valence electrons. The smallest absolute Gasteiger partial charge is 0.248 e. The third-order valence-corrected chi connectivity index (χ3v) is 3.83. The van der Waals surface area contributed by atoms with Gasteiger partial charge in [0, 0.05) is 17.7 Å². The molecule has 0 atom stereocenters. The van der Waals surface area contributed by atoms with Crippen LogP contribution in [0.25, 0.3) is 0 Å². The summed E-state index contributed by atoms with van der Waals surface area (Å²) in [5.41, 5.74) is 1.95. The normalized spacial score (nSPS) is 10.8. The summed E-state index contributed by atoms with van der Waals surface area (Å²) in [7, 11) is 0. The van der Waals surface area contributed by atoms with E-state index in [-0.39, 0.29) is 0 Å². The number of aryl methyl sites for hydroxylation is 2. The largest absolute Gasteiger partial charge is 0.478 e. The Labute approximate surface area is 143 Å². The molecule has 2 aromatic rings. The molecule has 0 bridgehead atoms. The van der Waals surface area contributed by atoms with Gasteiger partial charge < -0.3 is 4.74 Å². The molecule has 0 spiro atoms. The van der Waals surface area contributed by atoms with Gasteiger partial charge in [0.05, 0.1) is 6.61 Å². The number of anilines is 2. The highest BCUT2D eigenvalue weighted by Crippen LogP contribution is 2.22. The first-order chi connectivity index (χ1) is 11.7. The van der Waals surface area contributed by atoms with Gasteiger partial charge in [-0.1, -0.05) is 33.1 Å². The molecule has 0 aliphatic carbocycles. The lowest BCUT2D eigenvalue weighted by molar-refractivity contribution is 0.322. The molecule has 0 aliphatic rings. The SMILES string of the molecule is CCCCCCc1nc(Nc2nc(C)c(CC)c(OCC)n2)n[nH]1. The van der Waals surface area contributed by atoms with E-state index in [4.69, 9.17) is 4.74 Å². The van der Waals surface area contributed by atoms with Gasteiger partial charge in [-0.25, -0.2) is 4.98 Å². The van der Waals surface area contributed by atoms with Crippen molar-refractivity contribution in [2.24, 2.45) is 0 Å². The number of ether oxygens (including phenoxy) is 1. The van der Waals surface area contributed by atoms with E-state index in [1.54, 1.807) is 0 Å². The number of aromatic nitrogens is 5. The first-order valence-electron chi connectivity index (χ1n) is 8.86. The van der Waals surface area contributed by atoms with Crippen molar-refractivity contribution in [3.05, 3.63) is 17.1 Å². The number of nitrogens with zero attached hydrogens (tertiary/aromatic N) is 4. The van der Waals surface area contributed by atoms with Gasteiger partial charge in [0.25, 0.3) is 0 Å². The van der Waals surface area contributed by atoms with E-state index in [0.717, 1.165) is 36.3 Å². The van der Waals surface area contributed by atoms with Crippen LogP contribution in [0.5, 0.6) is 5.88 Å². The number of aromatic amines is 1. The number of H-pyrrole nitrogens is 1. The van der Waals surface area contributed by atoms with Crippen LogP contribution < -0.4 is 10.1 Å². The molecular formula is C17H28N6O. The van der Waals surface area contributed by atoms with E-state index in [0.29, 0.717) is 24.4 Å². The predicted molar refractivity (Wildman–Crippen MR) is 94.8 cm³/mol. The lowest BCUT2D eigenvalue weighted by atomic mass is 10.1. The molecule has 0 unspecified atom stereocenters. The maximum atomic E-state index is 5.63. The fraction of sp³-hybridized carbons (Fsp3) is 0.647. The molecule has 2 rings (SSSR count). The van der Waals surface area contributed by atoms with Crippen LogP contribution in [0.3, 0.4) is 0 Å². The molecule has 2 heterocycles. The summed E-state index contributed by atoms with van der Waals surface area (Å²) in [6.45, 7) is 8.76. The monoisotopic (exact) mass is 332 g/mol. The maximum absolute atomic E-state index is 5.63. The summed E-state index contributed by atoms with van der Waals surface area (Å²) in [6, 6.07) is 0. The number of nitrogens with one attached hydrogen (secondary N) is 2. The highest BCUT2D eigenvalue weighted by Gasteiger charge is 2.13. The Morgan fingerprint density at radius 2 is 1.83 bits per heavy atom. The van der Waals surface area contributed by atoms with Crippen molar-refractivity contribution >= 4 is 11.9 Å². The van der Waals surface area contributed by atoms with E-state index in [1.807, 2.05) is 13.8 Å². The maximum Gasteiger partial charge on any atom is 0.248 e. The minimum absolute atomic E-state index is 0.463. The Morgan fingerprint density at radius 3 is 2.54 bits per heavy atom. The van der Waals surface area contributed by atoms with Crippen molar-refractivity contribution in [1.82, 2.24) is 25.1 Å². The molecule has 0 saturated heterocycles. The average Bonchev–Trinajstić information content (AvgIpc) is 2.99. The molecule has 7 heteroatoms. The number of hydrogen-bond acceptors (Lipinski definition) is 6. The van der Waals surface area contributed by atoms with Crippen LogP contribution in [0.2, 0.25) is 0 Å². The third-order valence-electron chi connectivity index (χ3n) is 3.83. The van der Waals surface area contributed by atoms with Crippen LogP contribution in [-0.2, 0) is 12.8 Å². The van der Waals surface area contributed by atoms with Crippen molar-refractivity contribution in [3.63, 3.8) is 0 Å². The molecule has 0 radical (unpaired) electrons. The van der Waals surface area contributed by atoms with Gasteiger partial charge in [-0.05, 0) is 26.7 Å². The minimum atomic E-state index is 0.463. The lowest BCUT2D eigenvalue weighted by Crippen LogP contribution is -2.07. The van der Waals surface area contributed by atoms with Crippen molar-refractivity contribution in [2.45, 2.75) is 66.2 Å². The molecule has 2 N–H and O–H groups in total. The van der Waals surface area contributed by atoms with Gasteiger partial charge in [-0.2, -0.15) is 9.97 Å². The van der Waals surface area contributed by atoms with Crippen molar-refractivity contribution in [2.75, 3.05) is 11.9 Å².